The highest BCUT2D eigenvalue weighted by molar-refractivity contribution is 7.90. The summed E-state index contributed by atoms with van der Waals surface area (Å²) in [4.78, 5) is 14.0. The van der Waals surface area contributed by atoms with Gasteiger partial charge in [-0.15, -0.1) is 0 Å². The molecular formula is C14H26N2O4S. The van der Waals surface area contributed by atoms with E-state index in [2.05, 4.69) is 9.62 Å². The number of nitrogens with one attached hydrogen (secondary N) is 1. The first-order chi connectivity index (χ1) is 9.79. The van der Waals surface area contributed by atoms with E-state index in [0.29, 0.717) is 6.54 Å². The number of piperidine rings is 1. The van der Waals surface area contributed by atoms with E-state index >= 15 is 0 Å². The summed E-state index contributed by atoms with van der Waals surface area (Å²) in [7, 11) is -3.21. The van der Waals surface area contributed by atoms with Crippen LogP contribution < -0.4 is 4.72 Å². The minimum absolute atomic E-state index is 0.0117. The summed E-state index contributed by atoms with van der Waals surface area (Å²) in [5, 5.41) is -0.414. The third kappa shape index (κ3) is 4.17. The molecule has 0 saturated carbocycles. The van der Waals surface area contributed by atoms with E-state index in [9.17, 15) is 13.2 Å². The van der Waals surface area contributed by atoms with Gasteiger partial charge >= 0.3 is 5.97 Å². The molecule has 2 aliphatic heterocycles. The van der Waals surface area contributed by atoms with E-state index in [1.165, 1.54) is 0 Å². The van der Waals surface area contributed by atoms with Crippen LogP contribution in [-0.4, -0.2) is 56.3 Å². The Kier molecular flexibility index (Phi) is 5.27. The summed E-state index contributed by atoms with van der Waals surface area (Å²) in [6.45, 7) is 7.36. The average Bonchev–Trinajstić information content (AvgIpc) is 2.76. The van der Waals surface area contributed by atoms with Gasteiger partial charge in [0.05, 0.1) is 5.25 Å². The average molecular weight is 318 g/mol. The maximum Gasteiger partial charge on any atom is 0.323 e. The molecule has 0 aromatic carbocycles. The zero-order valence-corrected chi connectivity index (χ0v) is 13.9. The molecule has 2 fully saturated rings. The molecule has 2 rings (SSSR count). The van der Waals surface area contributed by atoms with Crippen molar-refractivity contribution in [3.05, 3.63) is 0 Å². The maximum absolute atomic E-state index is 11.8. The summed E-state index contributed by atoms with van der Waals surface area (Å²) in [6, 6.07) is -0.149. The van der Waals surface area contributed by atoms with Crippen molar-refractivity contribution in [2.24, 2.45) is 5.92 Å². The highest BCUT2D eigenvalue weighted by atomic mass is 32.2. The van der Waals surface area contributed by atoms with Crippen molar-refractivity contribution in [3.8, 4) is 0 Å². The Bertz CT molecular complexity index is 477. The summed E-state index contributed by atoms with van der Waals surface area (Å²) >= 11 is 0. The lowest BCUT2D eigenvalue weighted by atomic mass is 9.96. The van der Waals surface area contributed by atoms with Crippen molar-refractivity contribution in [2.75, 3.05) is 19.6 Å². The van der Waals surface area contributed by atoms with E-state index in [1.807, 2.05) is 6.92 Å². The van der Waals surface area contributed by atoms with Crippen molar-refractivity contribution in [2.45, 2.75) is 57.4 Å². The number of nitrogens with zero attached hydrogens (tertiary/aromatic N) is 1. The Balaban J connectivity index is 1.88. The molecule has 3 atom stereocenters. The number of ether oxygens (including phenoxy) is 1. The Hall–Kier alpha value is -0.660. The monoisotopic (exact) mass is 318 g/mol. The van der Waals surface area contributed by atoms with Crippen molar-refractivity contribution in [1.29, 1.82) is 0 Å². The quantitative estimate of drug-likeness (QED) is 0.756. The third-order valence-corrected chi connectivity index (χ3v) is 6.14. The lowest BCUT2D eigenvalue weighted by Crippen LogP contribution is -2.47. The molecule has 0 aliphatic carbocycles. The Morgan fingerprint density at radius 1 is 1.43 bits per heavy atom. The maximum atomic E-state index is 11.8. The zero-order valence-electron chi connectivity index (χ0n) is 13.0. The molecule has 0 aromatic rings. The van der Waals surface area contributed by atoms with Crippen molar-refractivity contribution in [3.63, 3.8) is 0 Å². The highest BCUT2D eigenvalue weighted by Crippen LogP contribution is 2.25. The number of rotatable bonds is 5. The van der Waals surface area contributed by atoms with Crippen molar-refractivity contribution >= 4 is 16.0 Å². The van der Waals surface area contributed by atoms with E-state index in [-0.39, 0.29) is 24.0 Å². The van der Waals surface area contributed by atoms with Gasteiger partial charge < -0.3 is 4.74 Å². The second-order valence-corrected chi connectivity index (χ2v) is 8.77. The normalized spacial score (nSPS) is 31.6. The first-order valence-electron chi connectivity index (χ1n) is 7.72. The molecule has 0 bridgehead atoms. The van der Waals surface area contributed by atoms with Crippen LogP contribution in [0.15, 0.2) is 0 Å². The number of hydrogen-bond acceptors (Lipinski definition) is 5. The number of likely N-dealkylation sites (tertiary alicyclic amines) is 1. The third-order valence-electron chi connectivity index (χ3n) is 4.33. The molecule has 2 aliphatic rings. The summed E-state index contributed by atoms with van der Waals surface area (Å²) in [5.74, 6) is 0.127. The van der Waals surface area contributed by atoms with Crippen LogP contribution in [0.1, 0.15) is 40.0 Å². The van der Waals surface area contributed by atoms with Crippen LogP contribution in [0.2, 0.25) is 0 Å². The minimum atomic E-state index is -3.21. The first-order valence-corrected chi connectivity index (χ1v) is 9.27. The van der Waals surface area contributed by atoms with Crippen LogP contribution in [0.4, 0.5) is 0 Å². The predicted molar refractivity (Wildman–Crippen MR) is 80.3 cm³/mol. The lowest BCUT2D eigenvalue weighted by Gasteiger charge is -2.35. The van der Waals surface area contributed by atoms with Crippen molar-refractivity contribution in [1.82, 2.24) is 9.62 Å². The lowest BCUT2D eigenvalue weighted by molar-refractivity contribution is -0.145. The number of carbonyl (C=O) groups excluding carboxylic acids is 1. The molecule has 0 radical (unpaired) electrons. The predicted octanol–water partition coefficient (Wildman–Crippen LogP) is 0.730. The number of sulfonamides is 1. The van der Waals surface area contributed by atoms with Crippen LogP contribution in [0.3, 0.4) is 0 Å². The van der Waals surface area contributed by atoms with Gasteiger partial charge in [-0.1, -0.05) is 0 Å². The number of esters is 1. The Morgan fingerprint density at radius 2 is 2.14 bits per heavy atom. The van der Waals surface area contributed by atoms with Gasteiger partial charge in [0.15, 0.2) is 0 Å². The van der Waals surface area contributed by atoms with E-state index in [0.717, 1.165) is 32.4 Å². The van der Waals surface area contributed by atoms with Crippen LogP contribution in [0, 0.1) is 5.92 Å². The van der Waals surface area contributed by atoms with Gasteiger partial charge in [0, 0.05) is 19.5 Å². The van der Waals surface area contributed by atoms with Crippen LogP contribution >= 0.6 is 0 Å². The molecule has 1 N–H and O–H groups in total. The number of hydrogen-bond donors (Lipinski definition) is 1. The topological polar surface area (TPSA) is 75.7 Å². The van der Waals surface area contributed by atoms with Gasteiger partial charge in [0.2, 0.25) is 10.0 Å². The smallest absolute Gasteiger partial charge is 0.323 e. The van der Waals surface area contributed by atoms with Crippen LogP contribution in [0.5, 0.6) is 0 Å². The second kappa shape index (κ2) is 6.62. The molecule has 0 unspecified atom stereocenters. The molecule has 0 aromatic heterocycles. The van der Waals surface area contributed by atoms with Gasteiger partial charge in [0.25, 0.3) is 0 Å². The molecule has 2 heterocycles. The SMILES string of the molecule is CC(C)S(=O)(=O)NC[C@H]1CCCN([C@@H]2C[C@@H](C)OC2=O)C1. The number of carbonyl (C=O) groups is 1. The van der Waals surface area contributed by atoms with E-state index in [4.69, 9.17) is 4.74 Å². The molecule has 0 amide bonds. The van der Waals surface area contributed by atoms with Crippen LogP contribution in [0.25, 0.3) is 0 Å². The largest absolute Gasteiger partial charge is 0.461 e. The highest BCUT2D eigenvalue weighted by Gasteiger charge is 2.38. The molecule has 6 nitrogen and oxygen atoms in total. The number of cyclic esters (lactones) is 1. The molecule has 7 heteroatoms. The molecule has 0 spiro atoms. The van der Waals surface area contributed by atoms with E-state index < -0.39 is 15.3 Å². The first kappa shape index (κ1) is 16.7. The summed E-state index contributed by atoms with van der Waals surface area (Å²) in [5.41, 5.74) is 0. The Morgan fingerprint density at radius 3 is 2.71 bits per heavy atom. The molecular weight excluding hydrogens is 292 g/mol. The molecule has 21 heavy (non-hydrogen) atoms. The van der Waals surface area contributed by atoms with Gasteiger partial charge in [-0.2, -0.15) is 0 Å². The molecule has 2 saturated heterocycles. The van der Waals surface area contributed by atoms with E-state index in [1.54, 1.807) is 13.8 Å². The fourth-order valence-electron chi connectivity index (χ4n) is 2.98. The zero-order chi connectivity index (χ0) is 15.6. The van der Waals surface area contributed by atoms with Crippen molar-refractivity contribution < 1.29 is 17.9 Å². The fourth-order valence-corrected chi connectivity index (χ4v) is 3.78. The van der Waals surface area contributed by atoms with Gasteiger partial charge in [-0.3, -0.25) is 9.69 Å². The summed E-state index contributed by atoms with van der Waals surface area (Å²) in [6.07, 6.45) is 2.71. The van der Waals surface area contributed by atoms with Gasteiger partial charge in [0.1, 0.15) is 12.1 Å². The minimum Gasteiger partial charge on any atom is -0.461 e. The summed E-state index contributed by atoms with van der Waals surface area (Å²) < 4.78 is 31.5. The molecule has 122 valence electrons. The van der Waals surface area contributed by atoms with Gasteiger partial charge in [-0.05, 0) is 46.1 Å². The standard InChI is InChI=1S/C14H26N2O4S/c1-10(2)21(18,19)15-8-12-5-4-6-16(9-12)13-7-11(3)20-14(13)17/h10-13,15H,4-9H2,1-3H3/t11-,12-,13-/m1/s1. The van der Waals surface area contributed by atoms with Gasteiger partial charge in [-0.25, -0.2) is 13.1 Å². The van der Waals surface area contributed by atoms with Crippen LogP contribution in [-0.2, 0) is 19.6 Å². The Labute approximate surface area is 127 Å². The second-order valence-electron chi connectivity index (χ2n) is 6.44. The fraction of sp³-hybridized carbons (Fsp3) is 0.929.